The SMILES string of the molecule is CCCCC/C=C\C/C=C\C/C=C\C/C=C\C/C=C\CCC(=O)OC[C@H](CO)OC(=O)CCCCCCCCCCCCC/C=C\CCCCCCCC. The van der Waals surface area contributed by atoms with E-state index < -0.39 is 6.10 Å². The Kier molecular flexibility index (Phi) is 42.5. The molecule has 5 heteroatoms. The van der Waals surface area contributed by atoms with Crippen molar-refractivity contribution in [3.05, 3.63) is 72.9 Å². The Morgan fingerprint density at radius 1 is 0.426 bits per heavy atom. The second-order valence-corrected chi connectivity index (χ2v) is 14.8. The van der Waals surface area contributed by atoms with Gasteiger partial charge in [-0.25, -0.2) is 0 Å². The molecule has 1 atom stereocenters. The molecule has 0 aromatic carbocycles. The molecule has 1 N–H and O–H groups in total. The summed E-state index contributed by atoms with van der Waals surface area (Å²) in [6, 6.07) is 0. The number of carbonyl (C=O) groups is 2. The predicted molar refractivity (Wildman–Crippen MR) is 233 cm³/mol. The van der Waals surface area contributed by atoms with E-state index in [-0.39, 0.29) is 31.6 Å². The van der Waals surface area contributed by atoms with Crippen molar-refractivity contribution in [2.24, 2.45) is 0 Å². The third-order valence-corrected chi connectivity index (χ3v) is 9.49. The highest BCUT2D eigenvalue weighted by Gasteiger charge is 2.15. The zero-order valence-electron chi connectivity index (χ0n) is 35.2. The Hall–Kier alpha value is -2.66. The number of ether oxygens (including phenoxy) is 2. The highest BCUT2D eigenvalue weighted by Crippen LogP contribution is 2.14. The van der Waals surface area contributed by atoms with Crippen LogP contribution in [-0.4, -0.2) is 36.4 Å². The average Bonchev–Trinajstić information content (AvgIpc) is 3.17. The molecule has 0 aliphatic rings. The summed E-state index contributed by atoms with van der Waals surface area (Å²) in [5, 5.41) is 9.58. The molecule has 0 aromatic rings. The number of aliphatic hydroxyl groups excluding tert-OH is 1. The van der Waals surface area contributed by atoms with Gasteiger partial charge in [-0.1, -0.05) is 189 Å². The first-order valence-corrected chi connectivity index (χ1v) is 22.5. The van der Waals surface area contributed by atoms with Crippen LogP contribution in [0.25, 0.3) is 0 Å². The zero-order chi connectivity index (χ0) is 39.3. The van der Waals surface area contributed by atoms with Gasteiger partial charge in [-0.05, 0) is 77.0 Å². The number of hydrogen-bond acceptors (Lipinski definition) is 5. The molecule has 0 amide bonds. The van der Waals surface area contributed by atoms with E-state index in [1.807, 2.05) is 12.2 Å². The van der Waals surface area contributed by atoms with Crippen molar-refractivity contribution in [1.29, 1.82) is 0 Å². The van der Waals surface area contributed by atoms with Crippen LogP contribution in [0.1, 0.15) is 206 Å². The van der Waals surface area contributed by atoms with E-state index in [0.717, 1.165) is 44.9 Å². The largest absolute Gasteiger partial charge is 0.462 e. The normalized spacial score (nSPS) is 12.9. The molecule has 5 nitrogen and oxygen atoms in total. The van der Waals surface area contributed by atoms with Crippen molar-refractivity contribution < 1.29 is 24.2 Å². The van der Waals surface area contributed by atoms with Crippen LogP contribution in [-0.2, 0) is 19.1 Å². The van der Waals surface area contributed by atoms with Gasteiger partial charge in [-0.15, -0.1) is 0 Å². The van der Waals surface area contributed by atoms with Gasteiger partial charge >= 0.3 is 11.9 Å². The van der Waals surface area contributed by atoms with Gasteiger partial charge in [0, 0.05) is 12.8 Å². The lowest BCUT2D eigenvalue weighted by molar-refractivity contribution is -0.161. The van der Waals surface area contributed by atoms with E-state index in [2.05, 4.69) is 74.6 Å². The van der Waals surface area contributed by atoms with Gasteiger partial charge in [0.15, 0.2) is 6.10 Å². The molecule has 310 valence electrons. The lowest BCUT2D eigenvalue weighted by Gasteiger charge is -2.15. The van der Waals surface area contributed by atoms with Crippen LogP contribution >= 0.6 is 0 Å². The third-order valence-electron chi connectivity index (χ3n) is 9.49. The van der Waals surface area contributed by atoms with E-state index >= 15 is 0 Å². The smallest absolute Gasteiger partial charge is 0.306 e. The first-order valence-electron chi connectivity index (χ1n) is 22.5. The minimum Gasteiger partial charge on any atom is -0.462 e. The Bertz CT molecular complexity index is 988. The van der Waals surface area contributed by atoms with E-state index in [9.17, 15) is 14.7 Å². The minimum atomic E-state index is -0.805. The average molecular weight is 753 g/mol. The molecule has 0 fully saturated rings. The van der Waals surface area contributed by atoms with Crippen molar-refractivity contribution in [3.63, 3.8) is 0 Å². The van der Waals surface area contributed by atoms with Gasteiger partial charge in [-0.2, -0.15) is 0 Å². The van der Waals surface area contributed by atoms with E-state index in [4.69, 9.17) is 9.47 Å². The molecule has 0 saturated heterocycles. The molecule has 54 heavy (non-hydrogen) atoms. The van der Waals surface area contributed by atoms with Gasteiger partial charge in [0.2, 0.25) is 0 Å². The summed E-state index contributed by atoms with van der Waals surface area (Å²) in [5.41, 5.74) is 0. The summed E-state index contributed by atoms with van der Waals surface area (Å²) in [6.45, 7) is 4.04. The Labute approximate surface area is 333 Å². The zero-order valence-corrected chi connectivity index (χ0v) is 35.2. The molecule has 0 unspecified atom stereocenters. The third kappa shape index (κ3) is 42.1. The fraction of sp³-hybridized carbons (Fsp3) is 0.714. The Morgan fingerprint density at radius 3 is 1.24 bits per heavy atom. The first-order chi connectivity index (χ1) is 26.6. The summed E-state index contributed by atoms with van der Waals surface area (Å²) < 4.78 is 10.6. The molecular formula is C49H84O5. The molecule has 0 rings (SSSR count). The standard InChI is InChI=1S/C49H84O5/c1-3-5-7-9-11-13-15-17-19-21-23-24-26-28-30-32-34-36-38-40-42-44-49(52)54-47(45-50)46-53-48(51)43-41-39-37-35-33-31-29-27-25-22-20-18-16-14-12-10-8-6-4-2/h12,14,17-20,25,27,31,33,37,39,47,50H,3-11,13,15-16,21-24,26,28-30,32,34-36,38,40-46H2,1-2H3/b14-12-,19-17-,20-18-,27-25-,33-31-,39-37-/t47-/m0/s1. The van der Waals surface area contributed by atoms with Crippen molar-refractivity contribution in [3.8, 4) is 0 Å². The van der Waals surface area contributed by atoms with E-state index in [0.29, 0.717) is 12.8 Å². The summed E-state index contributed by atoms with van der Waals surface area (Å²) >= 11 is 0. The van der Waals surface area contributed by atoms with Crippen LogP contribution in [0.4, 0.5) is 0 Å². The second kappa shape index (κ2) is 44.7. The summed E-state index contributed by atoms with van der Waals surface area (Å²) in [4.78, 5) is 24.3. The van der Waals surface area contributed by atoms with Gasteiger partial charge in [-0.3, -0.25) is 9.59 Å². The molecule has 0 saturated carbocycles. The van der Waals surface area contributed by atoms with Crippen LogP contribution in [0.2, 0.25) is 0 Å². The summed E-state index contributed by atoms with van der Waals surface area (Å²) in [7, 11) is 0. The maximum atomic E-state index is 12.2. The second-order valence-electron chi connectivity index (χ2n) is 14.8. The molecule has 0 spiro atoms. The van der Waals surface area contributed by atoms with E-state index in [1.54, 1.807) is 0 Å². The van der Waals surface area contributed by atoms with Gasteiger partial charge in [0.25, 0.3) is 0 Å². The van der Waals surface area contributed by atoms with Crippen LogP contribution in [0.3, 0.4) is 0 Å². The molecule has 0 radical (unpaired) electrons. The summed E-state index contributed by atoms with van der Waals surface area (Å²) in [5.74, 6) is -0.688. The van der Waals surface area contributed by atoms with Crippen LogP contribution in [0.5, 0.6) is 0 Å². The van der Waals surface area contributed by atoms with Gasteiger partial charge in [0.1, 0.15) is 6.61 Å². The van der Waals surface area contributed by atoms with Crippen molar-refractivity contribution in [1.82, 2.24) is 0 Å². The monoisotopic (exact) mass is 753 g/mol. The summed E-state index contributed by atoms with van der Waals surface area (Å²) in [6.07, 6.45) is 59.8. The fourth-order valence-corrected chi connectivity index (χ4v) is 6.06. The molecule has 0 bridgehead atoms. The number of aliphatic hydroxyl groups is 1. The topological polar surface area (TPSA) is 72.8 Å². The van der Waals surface area contributed by atoms with Crippen molar-refractivity contribution in [2.75, 3.05) is 13.2 Å². The van der Waals surface area contributed by atoms with E-state index in [1.165, 1.54) is 128 Å². The minimum absolute atomic E-state index is 0.108. The number of esters is 2. The maximum absolute atomic E-state index is 12.2. The molecular weight excluding hydrogens is 669 g/mol. The van der Waals surface area contributed by atoms with Gasteiger partial charge in [0.05, 0.1) is 6.61 Å². The molecule has 0 aromatic heterocycles. The quantitative estimate of drug-likeness (QED) is 0.0383. The molecule has 0 heterocycles. The van der Waals surface area contributed by atoms with Crippen LogP contribution in [0, 0.1) is 0 Å². The predicted octanol–water partition coefficient (Wildman–Crippen LogP) is 14.5. The molecule has 0 aliphatic heterocycles. The lowest BCUT2D eigenvalue weighted by Crippen LogP contribution is -2.28. The highest BCUT2D eigenvalue weighted by atomic mass is 16.6. The Balaban J connectivity index is 3.64. The number of allylic oxidation sites excluding steroid dienone is 12. The van der Waals surface area contributed by atoms with Gasteiger partial charge < -0.3 is 14.6 Å². The molecule has 0 aliphatic carbocycles. The van der Waals surface area contributed by atoms with Crippen LogP contribution in [0.15, 0.2) is 72.9 Å². The number of hydrogen-bond donors (Lipinski definition) is 1. The first kappa shape index (κ1) is 51.3. The Morgan fingerprint density at radius 2 is 0.778 bits per heavy atom. The number of carbonyl (C=O) groups excluding carboxylic acids is 2. The van der Waals surface area contributed by atoms with Crippen molar-refractivity contribution in [2.45, 2.75) is 213 Å². The number of unbranched alkanes of at least 4 members (excludes halogenated alkanes) is 20. The fourth-order valence-electron chi connectivity index (χ4n) is 6.06. The van der Waals surface area contributed by atoms with Crippen molar-refractivity contribution >= 4 is 11.9 Å². The number of rotatable bonds is 40. The maximum Gasteiger partial charge on any atom is 0.306 e. The highest BCUT2D eigenvalue weighted by molar-refractivity contribution is 5.70. The van der Waals surface area contributed by atoms with Crippen LogP contribution < -0.4 is 0 Å². The lowest BCUT2D eigenvalue weighted by atomic mass is 10.0.